The summed E-state index contributed by atoms with van der Waals surface area (Å²) < 4.78 is 14.3. The quantitative estimate of drug-likeness (QED) is 0.524. The lowest BCUT2D eigenvalue weighted by Gasteiger charge is -2.36. The molecule has 0 aromatic heterocycles. The van der Waals surface area contributed by atoms with Crippen molar-refractivity contribution >= 4 is 18.0 Å². The third-order valence-corrected chi connectivity index (χ3v) is 2.75. The minimum atomic E-state index is -0.686. The van der Waals surface area contributed by atoms with Crippen molar-refractivity contribution in [2.75, 3.05) is 20.8 Å². The number of ether oxygens (including phenoxy) is 3. The summed E-state index contributed by atoms with van der Waals surface area (Å²) in [4.78, 5) is 35.2. The predicted octanol–water partition coefficient (Wildman–Crippen LogP) is 0.322. The smallest absolute Gasteiger partial charge is 0.410 e. The number of hydrogen-bond donors (Lipinski definition) is 0. The number of nitrogens with zero attached hydrogens (tertiary/aromatic N) is 1. The third kappa shape index (κ3) is 3.35. The minimum absolute atomic E-state index is 0.131. The molecule has 0 unspecified atom stereocenters. The zero-order chi connectivity index (χ0) is 13.7. The summed E-state index contributed by atoms with van der Waals surface area (Å²) in [7, 11) is 2.49. The van der Waals surface area contributed by atoms with Crippen LogP contribution in [0, 0.1) is 0 Å². The maximum atomic E-state index is 11.6. The van der Waals surface area contributed by atoms with Crippen molar-refractivity contribution in [3.63, 3.8) is 0 Å². The molecule has 1 amide bonds. The fourth-order valence-corrected chi connectivity index (χ4v) is 1.97. The Morgan fingerprint density at radius 3 is 2.28 bits per heavy atom. The summed E-state index contributed by atoms with van der Waals surface area (Å²) in [6.07, 6.45) is -0.170. The minimum Gasteiger partial charge on any atom is -0.467 e. The van der Waals surface area contributed by atoms with E-state index in [0.29, 0.717) is 12.8 Å². The topological polar surface area (TPSA) is 82.1 Å². The molecule has 102 valence electrons. The Bertz CT molecular complexity index is 342. The van der Waals surface area contributed by atoms with Crippen molar-refractivity contribution in [1.29, 1.82) is 0 Å². The first kappa shape index (κ1) is 14.3. The van der Waals surface area contributed by atoms with Crippen LogP contribution >= 0.6 is 0 Å². The second-order valence-electron chi connectivity index (χ2n) is 3.97. The van der Waals surface area contributed by atoms with E-state index in [0.717, 1.165) is 0 Å². The van der Waals surface area contributed by atoms with Crippen molar-refractivity contribution in [3.8, 4) is 0 Å². The van der Waals surface area contributed by atoms with Crippen molar-refractivity contribution in [1.82, 2.24) is 4.90 Å². The number of hydrogen-bond acceptors (Lipinski definition) is 6. The van der Waals surface area contributed by atoms with Gasteiger partial charge in [-0.3, -0.25) is 9.69 Å². The Kier molecular flexibility index (Phi) is 4.94. The predicted molar refractivity (Wildman–Crippen MR) is 59.7 cm³/mol. The van der Waals surface area contributed by atoms with Crippen molar-refractivity contribution in [3.05, 3.63) is 0 Å². The van der Waals surface area contributed by atoms with E-state index >= 15 is 0 Å². The van der Waals surface area contributed by atoms with Gasteiger partial charge in [0.15, 0.2) is 0 Å². The van der Waals surface area contributed by atoms with E-state index in [1.807, 2.05) is 0 Å². The maximum absolute atomic E-state index is 11.6. The largest absolute Gasteiger partial charge is 0.467 e. The van der Waals surface area contributed by atoms with Gasteiger partial charge >= 0.3 is 18.0 Å². The molecule has 0 aromatic rings. The van der Waals surface area contributed by atoms with Gasteiger partial charge in [-0.25, -0.2) is 9.59 Å². The van der Waals surface area contributed by atoms with Crippen LogP contribution in [-0.4, -0.2) is 55.8 Å². The van der Waals surface area contributed by atoms with Gasteiger partial charge in [-0.15, -0.1) is 0 Å². The van der Waals surface area contributed by atoms with Gasteiger partial charge < -0.3 is 14.2 Å². The second kappa shape index (κ2) is 6.23. The lowest BCUT2D eigenvalue weighted by atomic mass is 10.0. The lowest BCUT2D eigenvalue weighted by molar-refractivity contribution is -0.154. The van der Waals surface area contributed by atoms with Crippen LogP contribution in [0.25, 0.3) is 0 Å². The van der Waals surface area contributed by atoms with Gasteiger partial charge in [0.2, 0.25) is 0 Å². The molecule has 0 aliphatic carbocycles. The molecule has 1 aliphatic rings. The molecule has 1 saturated heterocycles. The van der Waals surface area contributed by atoms with Crippen LogP contribution in [0.1, 0.15) is 19.8 Å². The number of piperidine rings is 1. The average molecular weight is 259 g/mol. The first-order valence-corrected chi connectivity index (χ1v) is 5.59. The molecule has 0 bridgehead atoms. The molecule has 0 saturated carbocycles. The van der Waals surface area contributed by atoms with Crippen LogP contribution in [0.3, 0.4) is 0 Å². The Hall–Kier alpha value is -1.79. The number of amides is 1. The van der Waals surface area contributed by atoms with E-state index in [4.69, 9.17) is 4.74 Å². The third-order valence-electron chi connectivity index (χ3n) is 2.75. The van der Waals surface area contributed by atoms with Crippen LogP contribution in [0.4, 0.5) is 4.79 Å². The Labute approximate surface area is 105 Å². The summed E-state index contributed by atoms with van der Waals surface area (Å²) in [6, 6.07) is -0.686. The summed E-state index contributed by atoms with van der Waals surface area (Å²) in [5.74, 6) is -0.914. The molecular formula is C11H17NO6. The molecule has 0 aromatic carbocycles. The van der Waals surface area contributed by atoms with E-state index in [9.17, 15) is 14.4 Å². The van der Waals surface area contributed by atoms with Gasteiger partial charge in [0.25, 0.3) is 0 Å². The second-order valence-corrected chi connectivity index (χ2v) is 3.97. The SMILES string of the molecule is COC(=O)[C@@H]1CC[C@H](OC(C)=O)CN1C(=O)OC. The molecule has 2 atom stereocenters. The van der Waals surface area contributed by atoms with E-state index in [2.05, 4.69) is 9.47 Å². The fourth-order valence-electron chi connectivity index (χ4n) is 1.97. The molecular weight excluding hydrogens is 242 g/mol. The average Bonchev–Trinajstić information content (AvgIpc) is 2.36. The van der Waals surface area contributed by atoms with Crippen LogP contribution < -0.4 is 0 Å². The summed E-state index contributed by atoms with van der Waals surface area (Å²) in [5.41, 5.74) is 0. The normalized spacial score (nSPS) is 23.2. The van der Waals surface area contributed by atoms with Crippen LogP contribution in [0.5, 0.6) is 0 Å². The molecule has 1 rings (SSSR count). The standard InChI is InChI=1S/C11H17NO6/c1-7(13)18-8-4-5-9(10(14)16-2)12(6-8)11(15)17-3/h8-9H,4-6H2,1-3H3/t8-,9-/m0/s1. The van der Waals surface area contributed by atoms with Gasteiger partial charge in [0, 0.05) is 6.92 Å². The lowest BCUT2D eigenvalue weighted by Crippen LogP contribution is -2.53. The highest BCUT2D eigenvalue weighted by molar-refractivity contribution is 5.81. The van der Waals surface area contributed by atoms with Crippen LogP contribution in [0.15, 0.2) is 0 Å². The number of likely N-dealkylation sites (tertiary alicyclic amines) is 1. The highest BCUT2D eigenvalue weighted by Gasteiger charge is 2.38. The first-order valence-electron chi connectivity index (χ1n) is 5.59. The first-order chi connectivity index (χ1) is 8.49. The number of esters is 2. The van der Waals surface area contributed by atoms with Crippen molar-refractivity contribution in [2.24, 2.45) is 0 Å². The molecule has 0 spiro atoms. The number of rotatable bonds is 2. The molecule has 1 aliphatic heterocycles. The van der Waals surface area contributed by atoms with E-state index < -0.39 is 30.2 Å². The van der Waals surface area contributed by atoms with E-state index in [-0.39, 0.29) is 6.54 Å². The highest BCUT2D eigenvalue weighted by atomic mass is 16.6. The monoisotopic (exact) mass is 259 g/mol. The Morgan fingerprint density at radius 2 is 1.78 bits per heavy atom. The van der Waals surface area contributed by atoms with Crippen LogP contribution in [-0.2, 0) is 23.8 Å². The molecule has 1 fully saturated rings. The zero-order valence-electron chi connectivity index (χ0n) is 10.7. The van der Waals surface area contributed by atoms with E-state index in [1.54, 1.807) is 0 Å². The molecule has 0 N–H and O–H groups in total. The molecule has 0 radical (unpaired) electrons. The summed E-state index contributed by atoms with van der Waals surface area (Å²) in [5, 5.41) is 0. The summed E-state index contributed by atoms with van der Waals surface area (Å²) >= 11 is 0. The van der Waals surface area contributed by atoms with Gasteiger partial charge in [-0.1, -0.05) is 0 Å². The summed E-state index contributed by atoms with van der Waals surface area (Å²) in [6.45, 7) is 1.43. The van der Waals surface area contributed by atoms with Crippen molar-refractivity contribution in [2.45, 2.75) is 31.9 Å². The molecule has 18 heavy (non-hydrogen) atoms. The number of carbonyl (C=O) groups excluding carboxylic acids is 3. The molecule has 1 heterocycles. The highest BCUT2D eigenvalue weighted by Crippen LogP contribution is 2.21. The zero-order valence-corrected chi connectivity index (χ0v) is 10.7. The molecule has 7 heteroatoms. The Morgan fingerprint density at radius 1 is 1.11 bits per heavy atom. The van der Waals surface area contributed by atoms with Gasteiger partial charge in [-0.2, -0.15) is 0 Å². The van der Waals surface area contributed by atoms with Gasteiger partial charge in [-0.05, 0) is 12.8 Å². The van der Waals surface area contributed by atoms with Crippen LogP contribution in [0.2, 0.25) is 0 Å². The number of methoxy groups -OCH3 is 2. The molecule has 7 nitrogen and oxygen atoms in total. The van der Waals surface area contributed by atoms with E-state index in [1.165, 1.54) is 26.0 Å². The number of carbonyl (C=O) groups is 3. The van der Waals surface area contributed by atoms with Gasteiger partial charge in [0.05, 0.1) is 20.8 Å². The maximum Gasteiger partial charge on any atom is 0.410 e. The van der Waals surface area contributed by atoms with Gasteiger partial charge in [0.1, 0.15) is 12.1 Å². The Balaban J connectivity index is 2.75. The fraction of sp³-hybridized carbons (Fsp3) is 0.727. The van der Waals surface area contributed by atoms with Crippen molar-refractivity contribution < 1.29 is 28.6 Å².